The van der Waals surface area contributed by atoms with Gasteiger partial charge in [0, 0.05) is 21.0 Å². The minimum atomic E-state index is -0.255. The van der Waals surface area contributed by atoms with Gasteiger partial charge in [0.25, 0.3) is 5.91 Å². The van der Waals surface area contributed by atoms with Crippen LogP contribution in [0.5, 0.6) is 5.75 Å². The highest BCUT2D eigenvalue weighted by Gasteiger charge is 2.13. The van der Waals surface area contributed by atoms with Gasteiger partial charge in [0.1, 0.15) is 5.75 Å². The molecule has 4 nitrogen and oxygen atoms in total. The molecule has 0 aliphatic rings. The molecule has 0 saturated heterocycles. The second kappa shape index (κ2) is 9.11. The molecule has 0 aliphatic carbocycles. The monoisotopic (exact) mass is 434 g/mol. The number of nitrogens with zero attached hydrogens (tertiary/aromatic N) is 1. The molecule has 0 bridgehead atoms. The molecule has 0 fully saturated rings. The van der Waals surface area contributed by atoms with Gasteiger partial charge < -0.3 is 4.74 Å². The Morgan fingerprint density at radius 1 is 0.967 bits per heavy atom. The van der Waals surface area contributed by atoms with E-state index in [0.29, 0.717) is 15.9 Å². The first-order valence-electron chi connectivity index (χ1n) is 9.40. The van der Waals surface area contributed by atoms with Gasteiger partial charge >= 0.3 is 0 Å². The number of rotatable bonds is 6. The average Bonchev–Trinajstić information content (AvgIpc) is 3.13. The van der Waals surface area contributed by atoms with E-state index in [-0.39, 0.29) is 12.5 Å². The molecule has 30 heavy (non-hydrogen) atoms. The Morgan fingerprint density at radius 2 is 1.67 bits per heavy atom. The zero-order chi connectivity index (χ0) is 20.9. The van der Waals surface area contributed by atoms with E-state index in [4.69, 9.17) is 16.3 Å². The molecule has 150 valence electrons. The van der Waals surface area contributed by atoms with Crippen molar-refractivity contribution < 1.29 is 9.53 Å². The van der Waals surface area contributed by atoms with Gasteiger partial charge in [-0.3, -0.25) is 10.1 Å². The number of hydrogen-bond acceptors (Lipinski definition) is 4. The van der Waals surface area contributed by atoms with E-state index in [0.717, 1.165) is 27.3 Å². The van der Waals surface area contributed by atoms with Crippen molar-refractivity contribution in [2.75, 3.05) is 11.9 Å². The molecule has 3 aromatic carbocycles. The lowest BCUT2D eigenvalue weighted by Gasteiger charge is -2.11. The molecule has 1 N–H and O–H groups in total. The fraction of sp³-hybridized carbons (Fsp3) is 0.0833. The van der Waals surface area contributed by atoms with Crippen LogP contribution in [0.25, 0.3) is 22.4 Å². The van der Waals surface area contributed by atoms with E-state index >= 15 is 0 Å². The maximum atomic E-state index is 12.4. The highest BCUT2D eigenvalue weighted by Crippen LogP contribution is 2.32. The zero-order valence-electron chi connectivity index (χ0n) is 16.3. The van der Waals surface area contributed by atoms with E-state index in [1.165, 1.54) is 11.3 Å². The van der Waals surface area contributed by atoms with Crippen molar-refractivity contribution in [3.05, 3.63) is 88.8 Å². The lowest BCUT2D eigenvalue weighted by Crippen LogP contribution is -2.20. The highest BCUT2D eigenvalue weighted by atomic mass is 35.5. The first-order chi connectivity index (χ1) is 14.6. The zero-order valence-corrected chi connectivity index (χ0v) is 17.8. The van der Waals surface area contributed by atoms with Gasteiger partial charge in [-0.15, -0.1) is 11.3 Å². The quantitative estimate of drug-likeness (QED) is 0.379. The number of carbonyl (C=O) groups excluding carboxylic acids is 1. The maximum Gasteiger partial charge on any atom is 0.264 e. The molecule has 0 spiro atoms. The minimum absolute atomic E-state index is 0.0985. The molecule has 0 unspecified atom stereocenters. The Labute approximate surface area is 184 Å². The second-order valence-electron chi connectivity index (χ2n) is 6.63. The van der Waals surface area contributed by atoms with Crippen LogP contribution in [0.1, 0.15) is 4.88 Å². The van der Waals surface area contributed by atoms with Crippen molar-refractivity contribution in [2.45, 2.75) is 6.92 Å². The van der Waals surface area contributed by atoms with Crippen molar-refractivity contribution >= 4 is 34.0 Å². The molecule has 1 aromatic heterocycles. The number of thiazole rings is 1. The van der Waals surface area contributed by atoms with Crippen LogP contribution < -0.4 is 10.1 Å². The summed E-state index contributed by atoms with van der Waals surface area (Å²) in [4.78, 5) is 18.0. The Balaban J connectivity index is 1.43. The van der Waals surface area contributed by atoms with Crippen LogP contribution in [0.4, 0.5) is 5.13 Å². The van der Waals surface area contributed by atoms with Crippen LogP contribution in [0.3, 0.4) is 0 Å². The van der Waals surface area contributed by atoms with Crippen molar-refractivity contribution in [1.82, 2.24) is 4.98 Å². The van der Waals surface area contributed by atoms with Crippen molar-refractivity contribution in [3.8, 4) is 28.1 Å². The van der Waals surface area contributed by atoms with Gasteiger partial charge in [-0.05, 0) is 30.7 Å². The first-order valence-corrected chi connectivity index (χ1v) is 10.6. The first kappa shape index (κ1) is 20.1. The van der Waals surface area contributed by atoms with Gasteiger partial charge in [-0.25, -0.2) is 4.98 Å². The summed E-state index contributed by atoms with van der Waals surface area (Å²) in [5.41, 5.74) is 3.78. The lowest BCUT2D eigenvalue weighted by atomic mass is 10.1. The van der Waals surface area contributed by atoms with E-state index in [9.17, 15) is 4.79 Å². The summed E-state index contributed by atoms with van der Waals surface area (Å²) < 4.78 is 5.81. The second-order valence-corrected chi connectivity index (χ2v) is 8.27. The molecule has 4 aromatic rings. The predicted molar refractivity (Wildman–Crippen MR) is 123 cm³/mol. The number of aryl methyl sites for hydroxylation is 1. The molecule has 0 aliphatic heterocycles. The number of nitrogens with one attached hydrogen (secondary N) is 1. The molecule has 0 radical (unpaired) electrons. The lowest BCUT2D eigenvalue weighted by molar-refractivity contribution is -0.118. The summed E-state index contributed by atoms with van der Waals surface area (Å²) in [6.45, 7) is 1.88. The van der Waals surface area contributed by atoms with E-state index in [1.807, 2.05) is 85.8 Å². The molecule has 0 saturated carbocycles. The SMILES string of the molecule is Cc1sc(NC(=O)COc2ccccc2-c2ccccc2)nc1-c1ccc(Cl)cc1. The number of amides is 1. The molecule has 4 rings (SSSR count). The molecule has 6 heteroatoms. The Hall–Kier alpha value is -3.15. The summed E-state index contributed by atoms with van der Waals surface area (Å²) >= 11 is 7.39. The molecular formula is C24H19ClN2O2S. The maximum absolute atomic E-state index is 12.4. The number of anilines is 1. The molecule has 0 atom stereocenters. The third-order valence-corrected chi connectivity index (χ3v) is 5.63. The Bertz CT molecular complexity index is 1160. The number of para-hydroxylation sites is 1. The van der Waals surface area contributed by atoms with Crippen molar-refractivity contribution in [1.29, 1.82) is 0 Å². The molecule has 1 heterocycles. The summed E-state index contributed by atoms with van der Waals surface area (Å²) in [6.07, 6.45) is 0. The van der Waals surface area contributed by atoms with E-state index in [2.05, 4.69) is 10.3 Å². The number of carbonyl (C=O) groups is 1. The van der Waals surface area contributed by atoms with Gasteiger partial charge in [0.15, 0.2) is 11.7 Å². The number of halogens is 1. The fourth-order valence-corrected chi connectivity index (χ4v) is 4.05. The van der Waals surface area contributed by atoms with Crippen molar-refractivity contribution in [2.24, 2.45) is 0 Å². The van der Waals surface area contributed by atoms with Crippen LogP contribution in [-0.2, 0) is 4.79 Å². The van der Waals surface area contributed by atoms with Gasteiger partial charge in [-0.1, -0.05) is 72.3 Å². The van der Waals surface area contributed by atoms with Crippen LogP contribution in [0.15, 0.2) is 78.9 Å². The van der Waals surface area contributed by atoms with Gasteiger partial charge in [-0.2, -0.15) is 0 Å². The smallest absolute Gasteiger partial charge is 0.264 e. The Kier molecular flexibility index (Phi) is 6.12. The van der Waals surface area contributed by atoms with E-state index < -0.39 is 0 Å². The molecule has 1 amide bonds. The van der Waals surface area contributed by atoms with Gasteiger partial charge in [0.05, 0.1) is 5.69 Å². The Morgan fingerprint density at radius 3 is 2.43 bits per heavy atom. The highest BCUT2D eigenvalue weighted by molar-refractivity contribution is 7.16. The summed E-state index contributed by atoms with van der Waals surface area (Å²) in [7, 11) is 0. The minimum Gasteiger partial charge on any atom is -0.483 e. The predicted octanol–water partition coefficient (Wildman–Crippen LogP) is 6.46. The number of aromatic nitrogens is 1. The standard InChI is InChI=1S/C24H19ClN2O2S/c1-16-23(18-11-13-19(25)14-12-18)27-24(30-16)26-22(28)15-29-21-10-6-5-9-20(21)17-7-3-2-4-8-17/h2-14H,15H2,1H3,(H,26,27,28). The largest absolute Gasteiger partial charge is 0.483 e. The van der Waals surface area contributed by atoms with Gasteiger partial charge in [0.2, 0.25) is 0 Å². The van der Waals surface area contributed by atoms with Crippen LogP contribution in [0.2, 0.25) is 5.02 Å². The topological polar surface area (TPSA) is 51.2 Å². The van der Waals surface area contributed by atoms with Crippen LogP contribution >= 0.6 is 22.9 Å². The number of hydrogen-bond donors (Lipinski definition) is 1. The van der Waals surface area contributed by atoms with Crippen LogP contribution in [-0.4, -0.2) is 17.5 Å². The summed E-state index contributed by atoms with van der Waals surface area (Å²) in [5, 5.41) is 4.05. The van der Waals surface area contributed by atoms with Crippen LogP contribution in [0, 0.1) is 6.92 Å². The number of ether oxygens (including phenoxy) is 1. The fourth-order valence-electron chi connectivity index (χ4n) is 3.07. The average molecular weight is 435 g/mol. The molecular weight excluding hydrogens is 416 g/mol. The normalized spacial score (nSPS) is 10.6. The third kappa shape index (κ3) is 4.70. The summed E-state index contributed by atoms with van der Waals surface area (Å²) in [5.74, 6) is 0.408. The van der Waals surface area contributed by atoms with E-state index in [1.54, 1.807) is 0 Å². The third-order valence-electron chi connectivity index (χ3n) is 4.49. The van der Waals surface area contributed by atoms with Crippen molar-refractivity contribution in [3.63, 3.8) is 0 Å². The number of benzene rings is 3. The summed E-state index contributed by atoms with van der Waals surface area (Å²) in [6, 6.07) is 25.1.